The van der Waals surface area contributed by atoms with Gasteiger partial charge in [-0.2, -0.15) is 4.31 Å². The molecule has 0 bridgehead atoms. The normalized spacial score (nSPS) is 12.4. The van der Waals surface area contributed by atoms with E-state index < -0.39 is 28.6 Å². The van der Waals surface area contributed by atoms with E-state index in [0.717, 1.165) is 14.5 Å². The zero-order valence-electron chi connectivity index (χ0n) is 11.0. The summed E-state index contributed by atoms with van der Waals surface area (Å²) >= 11 is 1.34. The number of rotatable bonds is 5. The van der Waals surface area contributed by atoms with Crippen LogP contribution in [0.1, 0.15) is 13.8 Å². The number of thiazole rings is 1. The highest BCUT2D eigenvalue weighted by atomic mass is 32.2. The number of carboxylic acids is 1. The van der Waals surface area contributed by atoms with Crippen molar-refractivity contribution in [2.45, 2.75) is 24.8 Å². The van der Waals surface area contributed by atoms with Gasteiger partial charge < -0.3 is 5.11 Å². The van der Waals surface area contributed by atoms with Crippen molar-refractivity contribution in [1.29, 1.82) is 0 Å². The Kier molecular flexibility index (Phi) is 4.07. The molecule has 20 heavy (non-hydrogen) atoms. The minimum atomic E-state index is -3.83. The SMILES string of the molecule is CC(C)N(CC(=O)O)S(=O)(=O)c1ccc2ncsc2c1. The Balaban J connectivity index is 2.48. The third kappa shape index (κ3) is 2.82. The van der Waals surface area contributed by atoms with Crippen LogP contribution in [0.4, 0.5) is 0 Å². The number of hydrogen-bond donors (Lipinski definition) is 1. The largest absolute Gasteiger partial charge is 0.480 e. The van der Waals surface area contributed by atoms with Crippen molar-refractivity contribution in [1.82, 2.24) is 9.29 Å². The first-order valence-corrected chi connectivity index (χ1v) is 8.21. The molecular formula is C12H14N2O4S2. The van der Waals surface area contributed by atoms with E-state index in [1.807, 2.05) is 0 Å². The number of aromatic nitrogens is 1. The molecule has 0 saturated carbocycles. The number of hydrogen-bond acceptors (Lipinski definition) is 5. The van der Waals surface area contributed by atoms with Crippen LogP contribution in [0.2, 0.25) is 0 Å². The monoisotopic (exact) mass is 314 g/mol. The Morgan fingerprint density at radius 2 is 2.15 bits per heavy atom. The maximum Gasteiger partial charge on any atom is 0.318 e. The third-order valence-electron chi connectivity index (χ3n) is 2.78. The molecule has 0 unspecified atom stereocenters. The maximum atomic E-state index is 12.5. The Morgan fingerprint density at radius 3 is 2.75 bits per heavy atom. The number of nitrogens with zero attached hydrogens (tertiary/aromatic N) is 2. The highest BCUT2D eigenvalue weighted by molar-refractivity contribution is 7.89. The number of aliphatic carboxylic acids is 1. The van der Waals surface area contributed by atoms with Gasteiger partial charge in [-0.15, -0.1) is 11.3 Å². The molecule has 2 rings (SSSR count). The van der Waals surface area contributed by atoms with Gasteiger partial charge in [0.1, 0.15) is 6.54 Å². The van der Waals surface area contributed by atoms with Crippen molar-refractivity contribution in [2.24, 2.45) is 0 Å². The molecule has 0 aliphatic carbocycles. The fourth-order valence-electron chi connectivity index (χ4n) is 1.81. The van der Waals surface area contributed by atoms with Crippen LogP contribution in [0, 0.1) is 0 Å². The molecule has 2 aromatic rings. The van der Waals surface area contributed by atoms with Crippen LogP contribution in [0.25, 0.3) is 10.2 Å². The molecule has 0 fully saturated rings. The maximum absolute atomic E-state index is 12.5. The molecule has 1 heterocycles. The molecule has 6 nitrogen and oxygen atoms in total. The molecule has 8 heteroatoms. The minimum absolute atomic E-state index is 0.0872. The van der Waals surface area contributed by atoms with E-state index in [9.17, 15) is 13.2 Å². The van der Waals surface area contributed by atoms with Gasteiger partial charge >= 0.3 is 5.97 Å². The molecule has 0 atom stereocenters. The molecule has 1 aromatic heterocycles. The number of carboxylic acid groups (broad SMARTS) is 1. The zero-order chi connectivity index (χ0) is 14.9. The highest BCUT2D eigenvalue weighted by Crippen LogP contribution is 2.24. The predicted octanol–water partition coefficient (Wildman–Crippen LogP) is 1.78. The van der Waals surface area contributed by atoms with Crippen molar-refractivity contribution >= 4 is 37.5 Å². The van der Waals surface area contributed by atoms with Crippen LogP contribution in [-0.4, -0.2) is 41.4 Å². The van der Waals surface area contributed by atoms with Gasteiger partial charge in [-0.25, -0.2) is 13.4 Å². The summed E-state index contributed by atoms with van der Waals surface area (Å²) in [5.74, 6) is -1.18. The molecular weight excluding hydrogens is 300 g/mol. The van der Waals surface area contributed by atoms with Gasteiger partial charge in [-0.1, -0.05) is 0 Å². The molecule has 0 radical (unpaired) electrons. The van der Waals surface area contributed by atoms with Crippen molar-refractivity contribution in [3.63, 3.8) is 0 Å². The lowest BCUT2D eigenvalue weighted by Crippen LogP contribution is -2.40. The summed E-state index contributed by atoms with van der Waals surface area (Å²) in [4.78, 5) is 15.0. The van der Waals surface area contributed by atoms with E-state index in [1.54, 1.807) is 25.4 Å². The lowest BCUT2D eigenvalue weighted by atomic mass is 10.3. The molecule has 0 amide bonds. The second kappa shape index (κ2) is 5.47. The third-order valence-corrected chi connectivity index (χ3v) is 5.59. The topological polar surface area (TPSA) is 87.6 Å². The second-order valence-corrected chi connectivity index (χ2v) is 7.30. The zero-order valence-corrected chi connectivity index (χ0v) is 12.6. The van der Waals surface area contributed by atoms with Gasteiger partial charge in [0.25, 0.3) is 0 Å². The summed E-state index contributed by atoms with van der Waals surface area (Å²) in [6.45, 7) is 2.73. The Labute approximate surface area is 120 Å². The van der Waals surface area contributed by atoms with E-state index in [1.165, 1.54) is 23.5 Å². The Hall–Kier alpha value is -1.51. The lowest BCUT2D eigenvalue weighted by Gasteiger charge is -2.24. The quantitative estimate of drug-likeness (QED) is 0.909. The summed E-state index contributed by atoms with van der Waals surface area (Å²) in [5.41, 5.74) is 2.36. The fraction of sp³-hybridized carbons (Fsp3) is 0.333. The summed E-state index contributed by atoms with van der Waals surface area (Å²) in [6.07, 6.45) is 0. The first-order chi connectivity index (χ1) is 9.32. The van der Waals surface area contributed by atoms with Crippen LogP contribution >= 0.6 is 11.3 Å². The summed E-state index contributed by atoms with van der Waals surface area (Å²) in [7, 11) is -3.83. The minimum Gasteiger partial charge on any atom is -0.480 e. The first kappa shape index (κ1) is 14.9. The van der Waals surface area contributed by atoms with E-state index in [-0.39, 0.29) is 4.90 Å². The number of fused-ring (bicyclic) bond motifs is 1. The predicted molar refractivity (Wildman–Crippen MR) is 76.3 cm³/mol. The summed E-state index contributed by atoms with van der Waals surface area (Å²) in [6, 6.07) is 4.17. The average molecular weight is 314 g/mol. The van der Waals surface area contributed by atoms with Crippen LogP contribution in [0.3, 0.4) is 0 Å². The number of sulfonamides is 1. The van der Waals surface area contributed by atoms with Crippen molar-refractivity contribution in [3.8, 4) is 0 Å². The first-order valence-electron chi connectivity index (χ1n) is 5.89. The van der Waals surface area contributed by atoms with E-state index in [4.69, 9.17) is 5.11 Å². The van der Waals surface area contributed by atoms with Gasteiger partial charge in [0.2, 0.25) is 10.0 Å². The second-order valence-electron chi connectivity index (χ2n) is 4.52. The summed E-state index contributed by atoms with van der Waals surface area (Å²) < 4.78 is 26.8. The van der Waals surface area contributed by atoms with Crippen molar-refractivity contribution < 1.29 is 18.3 Å². The molecule has 1 aromatic carbocycles. The van der Waals surface area contributed by atoms with E-state index in [2.05, 4.69) is 4.98 Å². The Morgan fingerprint density at radius 1 is 1.45 bits per heavy atom. The lowest BCUT2D eigenvalue weighted by molar-refractivity contribution is -0.137. The highest BCUT2D eigenvalue weighted by Gasteiger charge is 2.29. The number of carbonyl (C=O) groups is 1. The standard InChI is InChI=1S/C12H14N2O4S2/c1-8(2)14(6-12(15)16)20(17,18)9-3-4-10-11(5-9)19-7-13-10/h3-5,7-8H,6H2,1-2H3,(H,15,16). The molecule has 1 N–H and O–H groups in total. The Bertz CT molecular complexity index is 737. The molecule has 0 aliphatic rings. The van der Waals surface area contributed by atoms with E-state index >= 15 is 0 Å². The van der Waals surface area contributed by atoms with Crippen LogP contribution in [0.15, 0.2) is 28.6 Å². The van der Waals surface area contributed by atoms with Crippen molar-refractivity contribution in [3.05, 3.63) is 23.7 Å². The molecule has 0 saturated heterocycles. The smallest absolute Gasteiger partial charge is 0.318 e. The molecule has 0 spiro atoms. The van der Waals surface area contributed by atoms with Gasteiger partial charge in [-0.05, 0) is 32.0 Å². The van der Waals surface area contributed by atoms with Gasteiger partial charge in [-0.3, -0.25) is 4.79 Å². The van der Waals surface area contributed by atoms with Crippen LogP contribution in [-0.2, 0) is 14.8 Å². The van der Waals surface area contributed by atoms with Gasteiger partial charge in [0.05, 0.1) is 20.6 Å². The van der Waals surface area contributed by atoms with Gasteiger partial charge in [0.15, 0.2) is 0 Å². The number of benzene rings is 1. The molecule has 108 valence electrons. The van der Waals surface area contributed by atoms with Crippen LogP contribution < -0.4 is 0 Å². The van der Waals surface area contributed by atoms with Crippen molar-refractivity contribution in [2.75, 3.05) is 6.54 Å². The van der Waals surface area contributed by atoms with Gasteiger partial charge in [0, 0.05) is 6.04 Å². The van der Waals surface area contributed by atoms with Crippen LogP contribution in [0.5, 0.6) is 0 Å². The average Bonchev–Trinajstić information content (AvgIpc) is 2.82. The molecule has 0 aliphatic heterocycles. The van der Waals surface area contributed by atoms with E-state index in [0.29, 0.717) is 0 Å². The fourth-order valence-corrected chi connectivity index (χ4v) is 4.21. The summed E-state index contributed by atoms with van der Waals surface area (Å²) in [5, 5.41) is 8.87.